The zero-order valence-electron chi connectivity index (χ0n) is 16.3. The molecular formula is C21H25N3O4S. The van der Waals surface area contributed by atoms with Crippen molar-refractivity contribution in [2.24, 2.45) is 5.92 Å². The molecule has 1 aliphatic rings. The maximum atomic E-state index is 12.4. The highest BCUT2D eigenvalue weighted by atomic mass is 32.2. The number of hydrogen-bond donors (Lipinski definition) is 3. The molecule has 0 aliphatic heterocycles. The molecule has 0 saturated heterocycles. The largest absolute Gasteiger partial charge is 0.348 e. The summed E-state index contributed by atoms with van der Waals surface area (Å²) in [5.74, 6) is -0.174. The minimum absolute atomic E-state index is 0.0545. The molecule has 7 nitrogen and oxygen atoms in total. The van der Waals surface area contributed by atoms with Gasteiger partial charge in [0, 0.05) is 29.4 Å². The summed E-state index contributed by atoms with van der Waals surface area (Å²) in [6.45, 7) is 0.287. The van der Waals surface area contributed by atoms with Gasteiger partial charge in [0.25, 0.3) is 5.91 Å². The Labute approximate surface area is 171 Å². The predicted octanol–water partition coefficient (Wildman–Crippen LogP) is 3.12. The van der Waals surface area contributed by atoms with Crippen molar-refractivity contribution in [2.45, 2.75) is 32.2 Å². The number of rotatable bonds is 7. The fourth-order valence-electron chi connectivity index (χ4n) is 3.41. The lowest BCUT2D eigenvalue weighted by atomic mass is 10.1. The third kappa shape index (κ3) is 6.32. The van der Waals surface area contributed by atoms with E-state index in [9.17, 15) is 18.0 Å². The Bertz CT molecular complexity index is 998. The zero-order chi connectivity index (χ0) is 20.9. The molecule has 1 saturated carbocycles. The second-order valence-electron chi connectivity index (χ2n) is 7.31. The lowest BCUT2D eigenvalue weighted by Gasteiger charge is -2.12. The number of amides is 2. The Morgan fingerprint density at radius 3 is 2.41 bits per heavy atom. The van der Waals surface area contributed by atoms with Gasteiger partial charge in [-0.2, -0.15) is 0 Å². The van der Waals surface area contributed by atoms with Crippen molar-refractivity contribution < 1.29 is 18.0 Å². The summed E-state index contributed by atoms with van der Waals surface area (Å²) in [6, 6.07) is 13.7. The maximum Gasteiger partial charge on any atom is 0.251 e. The van der Waals surface area contributed by atoms with Crippen LogP contribution in [0, 0.1) is 5.92 Å². The van der Waals surface area contributed by atoms with Crippen LogP contribution in [0.5, 0.6) is 0 Å². The SMILES string of the molecule is CS(=O)(=O)Nc1cccc(C(=O)NCc2cccc(NC(=O)C3CCCC3)c2)c1. The molecule has 2 amide bonds. The summed E-state index contributed by atoms with van der Waals surface area (Å²) in [4.78, 5) is 24.7. The van der Waals surface area contributed by atoms with Gasteiger partial charge in [-0.25, -0.2) is 8.42 Å². The van der Waals surface area contributed by atoms with Crippen LogP contribution in [0.4, 0.5) is 11.4 Å². The molecule has 29 heavy (non-hydrogen) atoms. The summed E-state index contributed by atoms with van der Waals surface area (Å²) in [5, 5.41) is 5.77. The van der Waals surface area contributed by atoms with Crippen molar-refractivity contribution >= 4 is 33.2 Å². The molecule has 0 unspecified atom stereocenters. The van der Waals surface area contributed by atoms with E-state index >= 15 is 0 Å². The summed E-state index contributed by atoms with van der Waals surface area (Å²) in [6.07, 6.45) is 5.14. The monoisotopic (exact) mass is 415 g/mol. The molecule has 2 aromatic carbocycles. The van der Waals surface area contributed by atoms with E-state index in [1.807, 2.05) is 24.3 Å². The summed E-state index contributed by atoms with van der Waals surface area (Å²) < 4.78 is 25.0. The van der Waals surface area contributed by atoms with Gasteiger partial charge in [-0.3, -0.25) is 14.3 Å². The van der Waals surface area contributed by atoms with E-state index in [0.717, 1.165) is 37.5 Å². The smallest absolute Gasteiger partial charge is 0.251 e. The van der Waals surface area contributed by atoms with E-state index in [1.165, 1.54) is 6.07 Å². The van der Waals surface area contributed by atoms with Gasteiger partial charge in [0.15, 0.2) is 0 Å². The molecule has 3 rings (SSSR count). The molecule has 0 aromatic heterocycles. The standard InChI is InChI=1S/C21H25N3O4S/c1-29(27,28)24-19-11-5-9-17(13-19)20(25)22-14-15-6-4-10-18(12-15)23-21(26)16-7-2-3-8-16/h4-6,9-13,16,24H,2-3,7-8,14H2,1H3,(H,22,25)(H,23,26). The number of hydrogen-bond acceptors (Lipinski definition) is 4. The Hall–Kier alpha value is -2.87. The lowest BCUT2D eigenvalue weighted by molar-refractivity contribution is -0.119. The minimum atomic E-state index is -3.41. The van der Waals surface area contributed by atoms with Crippen molar-refractivity contribution in [3.63, 3.8) is 0 Å². The van der Waals surface area contributed by atoms with Gasteiger partial charge in [0.05, 0.1) is 6.26 Å². The number of benzene rings is 2. The van der Waals surface area contributed by atoms with Gasteiger partial charge in [-0.15, -0.1) is 0 Å². The first-order chi connectivity index (χ1) is 13.8. The van der Waals surface area contributed by atoms with Crippen LogP contribution in [-0.4, -0.2) is 26.5 Å². The number of carbonyl (C=O) groups is 2. The van der Waals surface area contributed by atoms with Crippen molar-refractivity contribution in [3.05, 3.63) is 59.7 Å². The van der Waals surface area contributed by atoms with Crippen molar-refractivity contribution in [1.82, 2.24) is 5.32 Å². The van der Waals surface area contributed by atoms with Gasteiger partial charge < -0.3 is 10.6 Å². The summed E-state index contributed by atoms with van der Waals surface area (Å²) >= 11 is 0. The quantitative estimate of drug-likeness (QED) is 0.646. The Morgan fingerprint density at radius 1 is 1.00 bits per heavy atom. The number of nitrogens with one attached hydrogen (secondary N) is 3. The molecule has 8 heteroatoms. The zero-order valence-corrected chi connectivity index (χ0v) is 17.1. The molecule has 0 radical (unpaired) electrons. The number of sulfonamides is 1. The van der Waals surface area contributed by atoms with Crippen LogP contribution in [0.25, 0.3) is 0 Å². The van der Waals surface area contributed by atoms with E-state index in [1.54, 1.807) is 18.2 Å². The molecule has 0 heterocycles. The van der Waals surface area contributed by atoms with E-state index < -0.39 is 10.0 Å². The van der Waals surface area contributed by atoms with Crippen LogP contribution in [0.2, 0.25) is 0 Å². The molecular weight excluding hydrogens is 390 g/mol. The van der Waals surface area contributed by atoms with Crippen molar-refractivity contribution in [1.29, 1.82) is 0 Å². The topological polar surface area (TPSA) is 104 Å². The minimum Gasteiger partial charge on any atom is -0.348 e. The molecule has 2 aromatic rings. The highest BCUT2D eigenvalue weighted by Crippen LogP contribution is 2.26. The summed E-state index contributed by atoms with van der Waals surface area (Å²) in [5.41, 5.74) is 2.25. The molecule has 3 N–H and O–H groups in total. The average molecular weight is 416 g/mol. The van der Waals surface area contributed by atoms with Crippen LogP contribution in [-0.2, 0) is 21.4 Å². The molecule has 0 spiro atoms. The van der Waals surface area contributed by atoms with E-state index in [2.05, 4.69) is 15.4 Å². The first-order valence-electron chi connectivity index (χ1n) is 9.56. The van der Waals surface area contributed by atoms with Crippen LogP contribution in [0.1, 0.15) is 41.6 Å². The van der Waals surface area contributed by atoms with E-state index in [-0.39, 0.29) is 24.3 Å². The fraction of sp³-hybridized carbons (Fsp3) is 0.333. The normalized spacial score (nSPS) is 14.4. The molecule has 0 bridgehead atoms. The van der Waals surface area contributed by atoms with Gasteiger partial charge in [0.1, 0.15) is 0 Å². The molecule has 154 valence electrons. The van der Waals surface area contributed by atoms with Crippen molar-refractivity contribution in [3.8, 4) is 0 Å². The van der Waals surface area contributed by atoms with Gasteiger partial charge >= 0.3 is 0 Å². The third-order valence-corrected chi connectivity index (χ3v) is 5.41. The summed E-state index contributed by atoms with van der Waals surface area (Å²) in [7, 11) is -3.41. The second-order valence-corrected chi connectivity index (χ2v) is 9.06. The van der Waals surface area contributed by atoms with Gasteiger partial charge in [-0.05, 0) is 48.7 Å². The first kappa shape index (κ1) is 20.9. The number of carbonyl (C=O) groups excluding carboxylic acids is 2. The highest BCUT2D eigenvalue weighted by Gasteiger charge is 2.22. The van der Waals surface area contributed by atoms with Crippen LogP contribution < -0.4 is 15.4 Å². The highest BCUT2D eigenvalue weighted by molar-refractivity contribution is 7.92. The van der Waals surface area contributed by atoms with Crippen LogP contribution in [0.3, 0.4) is 0 Å². The van der Waals surface area contributed by atoms with Crippen LogP contribution in [0.15, 0.2) is 48.5 Å². The second kappa shape index (κ2) is 9.09. The lowest BCUT2D eigenvalue weighted by Crippen LogP contribution is -2.23. The Kier molecular flexibility index (Phi) is 6.53. The van der Waals surface area contributed by atoms with Crippen molar-refractivity contribution in [2.75, 3.05) is 16.3 Å². The fourth-order valence-corrected chi connectivity index (χ4v) is 3.97. The molecule has 1 fully saturated rings. The Balaban J connectivity index is 1.59. The molecule has 0 atom stereocenters. The van der Waals surface area contributed by atoms with E-state index in [0.29, 0.717) is 16.9 Å². The maximum absolute atomic E-state index is 12.4. The van der Waals surface area contributed by atoms with E-state index in [4.69, 9.17) is 0 Å². The average Bonchev–Trinajstić information content (AvgIpc) is 3.20. The van der Waals surface area contributed by atoms with Gasteiger partial charge in [-0.1, -0.05) is 31.0 Å². The number of anilines is 2. The Morgan fingerprint density at radius 2 is 1.69 bits per heavy atom. The van der Waals surface area contributed by atoms with Crippen LogP contribution >= 0.6 is 0 Å². The molecule has 1 aliphatic carbocycles. The predicted molar refractivity (Wildman–Crippen MR) is 113 cm³/mol. The third-order valence-electron chi connectivity index (χ3n) is 4.80. The van der Waals surface area contributed by atoms with Gasteiger partial charge in [0.2, 0.25) is 15.9 Å². The first-order valence-corrected chi connectivity index (χ1v) is 11.5.